The number of hydrogen-bond donors (Lipinski definition) is 1. The lowest BCUT2D eigenvalue weighted by molar-refractivity contribution is -0.125. The molecule has 9 heteroatoms. The van der Waals surface area contributed by atoms with Crippen molar-refractivity contribution in [1.82, 2.24) is 15.0 Å². The van der Waals surface area contributed by atoms with Gasteiger partial charge in [-0.15, -0.1) is 0 Å². The number of fused-ring (bicyclic) bond motifs is 7. The number of hydrogen-bond acceptors (Lipinski definition) is 6. The van der Waals surface area contributed by atoms with Crippen LogP contribution in [0.15, 0.2) is 24.4 Å². The number of benzene rings is 1. The standard InChI is InChI=1S/C23H20Cl2N4O3/c1-21(2)22(3)4-5-23(21,20(30)29-19-12(25)6-11(24)9-26-19)18-17(22)27-13-7-15-16(32-10-31-15)8-14(13)28-18/h6-9H,4-5,10H2,1-3H3,(H,26,29,30). The molecule has 7 nitrogen and oxygen atoms in total. The Labute approximate surface area is 194 Å². The van der Waals surface area contributed by atoms with E-state index in [1.54, 1.807) is 6.07 Å². The number of carbonyl (C=O) groups excluding carboxylic acids is 1. The molecular weight excluding hydrogens is 451 g/mol. The maximum absolute atomic E-state index is 13.9. The summed E-state index contributed by atoms with van der Waals surface area (Å²) in [7, 11) is 0. The molecule has 2 aromatic heterocycles. The van der Waals surface area contributed by atoms with Crippen LogP contribution in [0.3, 0.4) is 0 Å². The summed E-state index contributed by atoms with van der Waals surface area (Å²) in [5.74, 6) is 1.40. The Kier molecular flexibility index (Phi) is 3.90. The van der Waals surface area contributed by atoms with Crippen molar-refractivity contribution in [3.8, 4) is 11.5 Å². The van der Waals surface area contributed by atoms with Crippen LogP contribution in [0.1, 0.15) is 45.0 Å². The van der Waals surface area contributed by atoms with Crippen LogP contribution in [-0.4, -0.2) is 27.7 Å². The maximum atomic E-state index is 13.9. The molecular formula is C23H20Cl2N4O3. The van der Waals surface area contributed by atoms with Gasteiger partial charge in [-0.3, -0.25) is 4.79 Å². The van der Waals surface area contributed by atoms with E-state index in [1.165, 1.54) is 6.20 Å². The second kappa shape index (κ2) is 6.23. The first kappa shape index (κ1) is 20.0. The third-order valence-corrected chi connectivity index (χ3v) is 8.45. The number of aromatic nitrogens is 3. The first-order valence-corrected chi connectivity index (χ1v) is 11.2. The van der Waals surface area contributed by atoms with E-state index in [0.29, 0.717) is 34.2 Å². The molecule has 3 heterocycles. The summed E-state index contributed by atoms with van der Waals surface area (Å²) in [5, 5.41) is 3.64. The highest BCUT2D eigenvalue weighted by atomic mass is 35.5. The summed E-state index contributed by atoms with van der Waals surface area (Å²) in [4.78, 5) is 28.1. The van der Waals surface area contributed by atoms with Crippen molar-refractivity contribution in [3.63, 3.8) is 0 Å². The molecule has 1 saturated carbocycles. The molecule has 2 unspecified atom stereocenters. The first-order chi connectivity index (χ1) is 15.2. The van der Waals surface area contributed by atoms with E-state index in [9.17, 15) is 4.79 Å². The van der Waals surface area contributed by atoms with Crippen LogP contribution in [0.25, 0.3) is 11.0 Å². The van der Waals surface area contributed by atoms with Gasteiger partial charge in [0.2, 0.25) is 12.7 Å². The van der Waals surface area contributed by atoms with Gasteiger partial charge >= 0.3 is 0 Å². The Morgan fingerprint density at radius 3 is 2.31 bits per heavy atom. The number of amides is 1. The third kappa shape index (κ3) is 2.28. The Balaban J connectivity index is 1.53. The predicted molar refractivity (Wildman–Crippen MR) is 121 cm³/mol. The fraction of sp³-hybridized carbons (Fsp3) is 0.391. The average Bonchev–Trinajstić information content (AvgIpc) is 3.32. The Bertz CT molecular complexity index is 1340. The fourth-order valence-electron chi connectivity index (χ4n) is 5.72. The zero-order valence-corrected chi connectivity index (χ0v) is 19.3. The quantitative estimate of drug-likeness (QED) is 0.565. The molecule has 164 valence electrons. The average molecular weight is 471 g/mol. The van der Waals surface area contributed by atoms with Crippen molar-refractivity contribution >= 4 is 46.0 Å². The van der Waals surface area contributed by atoms with Gasteiger partial charge in [0.15, 0.2) is 17.3 Å². The number of rotatable bonds is 2. The lowest BCUT2D eigenvalue weighted by Gasteiger charge is -2.39. The van der Waals surface area contributed by atoms with Crippen molar-refractivity contribution < 1.29 is 14.3 Å². The molecule has 6 rings (SSSR count). The number of halogens is 2. The number of nitrogens with zero attached hydrogens (tertiary/aromatic N) is 3. The molecule has 1 aromatic carbocycles. The second-order valence-corrected chi connectivity index (χ2v) is 10.3. The van der Waals surface area contributed by atoms with Gasteiger partial charge in [-0.25, -0.2) is 15.0 Å². The van der Waals surface area contributed by atoms with E-state index in [-0.39, 0.29) is 29.0 Å². The molecule has 2 aliphatic carbocycles. The highest BCUT2D eigenvalue weighted by molar-refractivity contribution is 6.36. The molecule has 1 N–H and O–H groups in total. The second-order valence-electron chi connectivity index (χ2n) is 9.42. The highest BCUT2D eigenvalue weighted by Crippen LogP contribution is 2.70. The highest BCUT2D eigenvalue weighted by Gasteiger charge is 2.73. The number of ether oxygens (including phenoxy) is 2. The Morgan fingerprint density at radius 1 is 1.00 bits per heavy atom. The van der Waals surface area contributed by atoms with Crippen LogP contribution < -0.4 is 14.8 Å². The van der Waals surface area contributed by atoms with Gasteiger partial charge in [0.25, 0.3) is 0 Å². The van der Waals surface area contributed by atoms with Crippen LogP contribution in [-0.2, 0) is 15.6 Å². The molecule has 0 spiro atoms. The van der Waals surface area contributed by atoms with Gasteiger partial charge in [-0.05, 0) is 24.3 Å². The predicted octanol–water partition coefficient (Wildman–Crippen LogP) is 5.03. The Hall–Kier alpha value is -2.64. The van der Waals surface area contributed by atoms with Gasteiger partial charge in [0, 0.05) is 23.7 Å². The molecule has 3 aliphatic rings. The topological polar surface area (TPSA) is 86.2 Å². The van der Waals surface area contributed by atoms with Gasteiger partial charge in [0.05, 0.1) is 37.9 Å². The third-order valence-electron chi connectivity index (χ3n) is 7.96. The van der Waals surface area contributed by atoms with Gasteiger partial charge in [-0.2, -0.15) is 0 Å². The van der Waals surface area contributed by atoms with Gasteiger partial charge < -0.3 is 14.8 Å². The summed E-state index contributed by atoms with van der Waals surface area (Å²) in [6.45, 7) is 6.60. The summed E-state index contributed by atoms with van der Waals surface area (Å²) in [5.41, 5.74) is 1.37. The van der Waals surface area contributed by atoms with E-state index in [0.717, 1.165) is 17.6 Å². The van der Waals surface area contributed by atoms with Crippen molar-refractivity contribution in [3.05, 3.63) is 45.8 Å². The molecule has 0 radical (unpaired) electrons. The molecule has 1 fully saturated rings. The maximum Gasteiger partial charge on any atom is 0.238 e. The molecule has 2 bridgehead atoms. The minimum absolute atomic E-state index is 0.178. The van der Waals surface area contributed by atoms with Crippen LogP contribution >= 0.6 is 23.2 Å². The van der Waals surface area contributed by atoms with Crippen LogP contribution in [0, 0.1) is 5.41 Å². The number of anilines is 1. The molecule has 1 aliphatic heterocycles. The van der Waals surface area contributed by atoms with Gasteiger partial charge in [0.1, 0.15) is 0 Å². The van der Waals surface area contributed by atoms with Crippen molar-refractivity contribution in [2.75, 3.05) is 12.1 Å². The number of pyridine rings is 1. The van der Waals surface area contributed by atoms with Crippen molar-refractivity contribution in [2.45, 2.75) is 44.4 Å². The lowest BCUT2D eigenvalue weighted by atomic mass is 9.63. The molecule has 2 atom stereocenters. The van der Waals surface area contributed by atoms with E-state index in [1.807, 2.05) is 12.1 Å². The van der Waals surface area contributed by atoms with Crippen LogP contribution in [0.5, 0.6) is 11.5 Å². The first-order valence-electron chi connectivity index (χ1n) is 10.4. The minimum atomic E-state index is -0.876. The zero-order valence-electron chi connectivity index (χ0n) is 17.8. The molecule has 32 heavy (non-hydrogen) atoms. The van der Waals surface area contributed by atoms with E-state index < -0.39 is 10.8 Å². The summed E-state index contributed by atoms with van der Waals surface area (Å²) in [6.07, 6.45) is 2.95. The molecule has 0 saturated heterocycles. The molecule has 1 amide bonds. The van der Waals surface area contributed by atoms with Crippen LogP contribution in [0.2, 0.25) is 10.0 Å². The fourth-order valence-corrected chi connectivity index (χ4v) is 6.14. The van der Waals surface area contributed by atoms with Crippen molar-refractivity contribution in [2.24, 2.45) is 5.41 Å². The Morgan fingerprint density at radius 2 is 1.66 bits per heavy atom. The summed E-state index contributed by atoms with van der Waals surface area (Å²) < 4.78 is 11.0. The summed E-state index contributed by atoms with van der Waals surface area (Å²) >= 11 is 12.3. The van der Waals surface area contributed by atoms with E-state index in [2.05, 4.69) is 31.1 Å². The normalized spacial score (nSPS) is 26.4. The van der Waals surface area contributed by atoms with Crippen LogP contribution in [0.4, 0.5) is 5.82 Å². The molecule has 3 aromatic rings. The van der Waals surface area contributed by atoms with E-state index in [4.69, 9.17) is 42.6 Å². The van der Waals surface area contributed by atoms with Gasteiger partial charge in [-0.1, -0.05) is 44.0 Å². The SMILES string of the molecule is CC12CCC(C(=O)Nc3ncc(Cl)cc3Cl)(c3nc4cc5c(cc4nc31)OCO5)C2(C)C. The number of nitrogens with one attached hydrogen (secondary N) is 1. The van der Waals surface area contributed by atoms with Crippen molar-refractivity contribution in [1.29, 1.82) is 0 Å². The smallest absolute Gasteiger partial charge is 0.238 e. The minimum Gasteiger partial charge on any atom is -0.454 e. The monoisotopic (exact) mass is 470 g/mol. The largest absolute Gasteiger partial charge is 0.454 e. The summed E-state index contributed by atoms with van der Waals surface area (Å²) in [6, 6.07) is 5.25. The van der Waals surface area contributed by atoms with E-state index >= 15 is 0 Å². The number of carbonyl (C=O) groups is 1. The zero-order chi connectivity index (χ0) is 22.5. The lowest BCUT2D eigenvalue weighted by Crippen LogP contribution is -2.48.